The second-order valence-corrected chi connectivity index (χ2v) is 2.09. The number of thiocarbonyl (C=S) groups is 1. The third-order valence-electron chi connectivity index (χ3n) is 1.17. The molecular weight excluding hydrogens is 168 g/mol. The van der Waals surface area contributed by atoms with E-state index in [9.17, 15) is 8.78 Å². The fourth-order valence-corrected chi connectivity index (χ4v) is 0.812. The second kappa shape index (κ2) is 3.39. The van der Waals surface area contributed by atoms with Gasteiger partial charge in [0.05, 0.1) is 5.49 Å². The van der Waals surface area contributed by atoms with Crippen LogP contribution >= 0.6 is 12.2 Å². The van der Waals surface area contributed by atoms with Gasteiger partial charge in [0, 0.05) is 0 Å². The first kappa shape index (κ1) is 8.07. The van der Waals surface area contributed by atoms with Crippen LogP contribution in [-0.2, 0) is 0 Å². The minimum Gasteiger partial charge on any atom is -0.348 e. The zero-order chi connectivity index (χ0) is 8.27. The van der Waals surface area contributed by atoms with Gasteiger partial charge >= 0.3 is 0 Å². The van der Waals surface area contributed by atoms with Crippen LogP contribution in [0.3, 0.4) is 0 Å². The summed E-state index contributed by atoms with van der Waals surface area (Å²) in [7, 11) is 0. The molecule has 0 amide bonds. The molecule has 0 bridgehead atoms. The molecule has 1 nitrogen and oxygen atoms in total. The largest absolute Gasteiger partial charge is 0.348 e. The van der Waals surface area contributed by atoms with Crippen molar-refractivity contribution in [1.29, 1.82) is 0 Å². The molecule has 0 heterocycles. The number of rotatable bonds is 2. The second-order valence-electron chi connectivity index (χ2n) is 1.86. The fraction of sp³-hybridized carbons (Fsp3) is 0. The molecule has 58 valence electrons. The Kier molecular flexibility index (Phi) is 2.48. The van der Waals surface area contributed by atoms with Gasteiger partial charge in [0.1, 0.15) is 17.3 Å². The lowest BCUT2D eigenvalue weighted by molar-refractivity contribution is 0.591. The number of hydrogen-bond acceptors (Lipinski definition) is 1. The monoisotopic (exact) mass is 173 g/mol. The zero-order valence-electron chi connectivity index (χ0n) is 5.47. The molecule has 0 aliphatic carbocycles. The topological polar surface area (TPSA) is 12.0 Å². The number of hydrogen-bond donors (Lipinski definition) is 1. The van der Waals surface area contributed by atoms with Crippen molar-refractivity contribution in [2.24, 2.45) is 0 Å². The predicted octanol–water partition coefficient (Wildman–Crippen LogP) is 2.33. The van der Waals surface area contributed by atoms with E-state index in [1.807, 2.05) is 0 Å². The van der Waals surface area contributed by atoms with Crippen LogP contribution < -0.4 is 5.32 Å². The summed E-state index contributed by atoms with van der Waals surface area (Å²) in [6.07, 6.45) is 0. The average Bonchev–Trinajstić information content (AvgIpc) is 1.97. The molecule has 0 aliphatic heterocycles. The number of nitrogens with one attached hydrogen (secondary N) is 1. The van der Waals surface area contributed by atoms with Crippen molar-refractivity contribution in [1.82, 2.24) is 0 Å². The van der Waals surface area contributed by atoms with Crippen molar-refractivity contribution in [2.45, 2.75) is 0 Å². The van der Waals surface area contributed by atoms with Gasteiger partial charge < -0.3 is 5.32 Å². The number of benzene rings is 1. The Morgan fingerprint density at radius 1 is 1.27 bits per heavy atom. The summed E-state index contributed by atoms with van der Waals surface area (Å²) in [4.78, 5) is 0. The molecule has 0 saturated carbocycles. The van der Waals surface area contributed by atoms with E-state index in [-0.39, 0.29) is 5.69 Å². The van der Waals surface area contributed by atoms with Crippen LogP contribution in [0.25, 0.3) is 0 Å². The third-order valence-corrected chi connectivity index (χ3v) is 1.28. The molecule has 1 aromatic rings. The summed E-state index contributed by atoms with van der Waals surface area (Å²) in [5.41, 5.74) is 0.851. The smallest absolute Gasteiger partial charge is 0.149 e. The van der Waals surface area contributed by atoms with E-state index in [1.165, 1.54) is 6.07 Å². The van der Waals surface area contributed by atoms with Gasteiger partial charge in [-0.3, -0.25) is 0 Å². The van der Waals surface area contributed by atoms with Gasteiger partial charge in [-0.25, -0.2) is 8.78 Å². The van der Waals surface area contributed by atoms with Gasteiger partial charge in [-0.2, -0.15) is 0 Å². The Labute approximate surface area is 68.0 Å². The molecule has 1 aromatic carbocycles. The van der Waals surface area contributed by atoms with Crippen molar-refractivity contribution in [2.75, 3.05) is 5.32 Å². The van der Waals surface area contributed by atoms with Gasteiger partial charge in [0.15, 0.2) is 0 Å². The first-order chi connectivity index (χ1) is 5.25. The van der Waals surface area contributed by atoms with Crippen LogP contribution in [0.1, 0.15) is 0 Å². The quantitative estimate of drug-likeness (QED) is 0.689. The summed E-state index contributed by atoms with van der Waals surface area (Å²) in [6.45, 7) is 0. The summed E-state index contributed by atoms with van der Waals surface area (Å²) in [5.74, 6) is -1.29. The molecular formula is C7H5F2NS. The van der Waals surface area contributed by atoms with Gasteiger partial charge in [0.2, 0.25) is 0 Å². The van der Waals surface area contributed by atoms with Gasteiger partial charge in [-0.05, 0) is 12.1 Å². The lowest BCUT2D eigenvalue weighted by Crippen LogP contribution is -1.98. The standard InChI is InChI=1S/C7H5F2NS/c8-5-2-1-3-6(9)7(5)10-4-11/h1-4H,(H,10,11). The SMILES string of the molecule is Fc1cccc(F)c1NC=S. The lowest BCUT2D eigenvalue weighted by Gasteiger charge is -2.01. The highest BCUT2D eigenvalue weighted by molar-refractivity contribution is 7.79. The number of anilines is 1. The highest BCUT2D eigenvalue weighted by Gasteiger charge is 2.04. The van der Waals surface area contributed by atoms with E-state index in [1.54, 1.807) is 0 Å². The summed E-state index contributed by atoms with van der Waals surface area (Å²) >= 11 is 4.38. The molecule has 1 N–H and O–H groups in total. The highest BCUT2D eigenvalue weighted by atomic mass is 32.1. The Balaban J connectivity index is 3.09. The minimum atomic E-state index is -0.647. The fourth-order valence-electron chi connectivity index (χ4n) is 0.695. The minimum absolute atomic E-state index is 0.206. The molecule has 0 atom stereocenters. The maximum atomic E-state index is 12.7. The highest BCUT2D eigenvalue weighted by Crippen LogP contribution is 2.16. The van der Waals surface area contributed by atoms with Crippen LogP contribution in [0.5, 0.6) is 0 Å². The Morgan fingerprint density at radius 3 is 2.27 bits per heavy atom. The van der Waals surface area contributed by atoms with Crippen molar-refractivity contribution in [3.63, 3.8) is 0 Å². The molecule has 0 radical (unpaired) electrons. The molecule has 11 heavy (non-hydrogen) atoms. The number of halogens is 2. The number of para-hydroxylation sites is 1. The third kappa shape index (κ3) is 1.71. The summed E-state index contributed by atoms with van der Waals surface area (Å²) in [5, 5.41) is 2.28. The predicted molar refractivity (Wildman–Crippen MR) is 43.6 cm³/mol. The van der Waals surface area contributed by atoms with Crippen LogP contribution in [0, 0.1) is 11.6 Å². The van der Waals surface area contributed by atoms with Crippen molar-refractivity contribution in [3.8, 4) is 0 Å². The van der Waals surface area contributed by atoms with Crippen LogP contribution in [0.2, 0.25) is 0 Å². The van der Waals surface area contributed by atoms with E-state index < -0.39 is 11.6 Å². The van der Waals surface area contributed by atoms with Gasteiger partial charge in [0.25, 0.3) is 0 Å². The maximum absolute atomic E-state index is 12.7. The molecule has 0 aromatic heterocycles. The molecule has 0 aliphatic rings. The van der Waals surface area contributed by atoms with Crippen molar-refractivity contribution in [3.05, 3.63) is 29.8 Å². The van der Waals surface area contributed by atoms with E-state index in [2.05, 4.69) is 17.5 Å². The van der Waals surface area contributed by atoms with Gasteiger partial charge in [-0.1, -0.05) is 18.3 Å². The van der Waals surface area contributed by atoms with E-state index in [4.69, 9.17) is 0 Å². The van der Waals surface area contributed by atoms with Crippen LogP contribution in [-0.4, -0.2) is 5.49 Å². The van der Waals surface area contributed by atoms with Gasteiger partial charge in [-0.15, -0.1) is 0 Å². The lowest BCUT2D eigenvalue weighted by atomic mass is 10.3. The average molecular weight is 173 g/mol. The summed E-state index contributed by atoms with van der Waals surface area (Å²) in [6, 6.07) is 3.60. The molecule has 4 heteroatoms. The first-order valence-corrected chi connectivity index (χ1v) is 3.37. The molecule has 0 unspecified atom stereocenters. The Bertz CT molecular complexity index is 255. The molecule has 0 fully saturated rings. The molecule has 1 rings (SSSR count). The van der Waals surface area contributed by atoms with E-state index in [0.717, 1.165) is 17.6 Å². The van der Waals surface area contributed by atoms with E-state index >= 15 is 0 Å². The Morgan fingerprint density at radius 2 is 1.82 bits per heavy atom. The maximum Gasteiger partial charge on any atom is 0.149 e. The summed E-state index contributed by atoms with van der Waals surface area (Å²) < 4.78 is 25.3. The first-order valence-electron chi connectivity index (χ1n) is 2.90. The Hall–Kier alpha value is -1.03. The van der Waals surface area contributed by atoms with Crippen LogP contribution in [0.4, 0.5) is 14.5 Å². The zero-order valence-corrected chi connectivity index (χ0v) is 6.29. The van der Waals surface area contributed by atoms with Crippen LogP contribution in [0.15, 0.2) is 18.2 Å². The molecule has 0 spiro atoms. The molecule has 0 saturated heterocycles. The normalized spacial score (nSPS) is 9.27. The van der Waals surface area contributed by atoms with E-state index in [0.29, 0.717) is 0 Å². The van der Waals surface area contributed by atoms with Crippen molar-refractivity contribution >= 4 is 23.4 Å². The van der Waals surface area contributed by atoms with Crippen molar-refractivity contribution < 1.29 is 8.78 Å².